The molecule has 140 valence electrons. The van der Waals surface area contributed by atoms with Gasteiger partial charge in [0.05, 0.1) is 5.92 Å². The van der Waals surface area contributed by atoms with Crippen molar-refractivity contribution in [3.8, 4) is 0 Å². The molecule has 0 heterocycles. The van der Waals surface area contributed by atoms with Crippen LogP contribution in [0.3, 0.4) is 0 Å². The zero-order valence-corrected chi connectivity index (χ0v) is 15.0. The van der Waals surface area contributed by atoms with Crippen LogP contribution in [0, 0.1) is 11.8 Å². The molecule has 1 aliphatic rings. The van der Waals surface area contributed by atoms with Crippen LogP contribution in [-0.4, -0.2) is 29.5 Å². The van der Waals surface area contributed by atoms with Crippen molar-refractivity contribution in [3.63, 3.8) is 0 Å². The highest BCUT2D eigenvalue weighted by Gasteiger charge is 2.32. The molecule has 0 bridgehead atoms. The number of hydrogen-bond acceptors (Lipinski definition) is 5. The second-order valence-electron chi connectivity index (χ2n) is 6.74. The van der Waals surface area contributed by atoms with Gasteiger partial charge in [0.15, 0.2) is 5.44 Å². The van der Waals surface area contributed by atoms with Crippen molar-refractivity contribution in [2.45, 2.75) is 57.0 Å². The van der Waals surface area contributed by atoms with Crippen molar-refractivity contribution >= 4 is 16.1 Å². The van der Waals surface area contributed by atoms with Crippen molar-refractivity contribution in [2.75, 3.05) is 0 Å². The van der Waals surface area contributed by atoms with E-state index in [2.05, 4.69) is 0 Å². The maximum absolute atomic E-state index is 12.4. The molecule has 2 atom stereocenters. The Morgan fingerprint density at radius 1 is 1.16 bits per heavy atom. The van der Waals surface area contributed by atoms with Crippen LogP contribution < -0.4 is 0 Å². The third-order valence-electron chi connectivity index (χ3n) is 4.73. The van der Waals surface area contributed by atoms with Gasteiger partial charge in [-0.05, 0) is 17.9 Å². The number of aliphatic hydroxyl groups excluding tert-OH is 1. The van der Waals surface area contributed by atoms with Gasteiger partial charge in [-0.3, -0.25) is 9.35 Å². The highest BCUT2D eigenvalue weighted by molar-refractivity contribution is 7.86. The first kappa shape index (κ1) is 19.9. The van der Waals surface area contributed by atoms with E-state index in [1.54, 1.807) is 0 Å². The first-order chi connectivity index (χ1) is 11.9. The predicted molar refractivity (Wildman–Crippen MR) is 93.1 cm³/mol. The summed E-state index contributed by atoms with van der Waals surface area (Å²) >= 11 is 0. The van der Waals surface area contributed by atoms with Gasteiger partial charge in [-0.2, -0.15) is 8.42 Å². The molecule has 6 nitrogen and oxygen atoms in total. The SMILES string of the molecule is O=C(OCc1ccccc1)C(CC1CCCCC1)CC(O)S(=O)(=O)O. The molecule has 1 aromatic carbocycles. The van der Waals surface area contributed by atoms with E-state index in [0.717, 1.165) is 31.2 Å². The van der Waals surface area contributed by atoms with E-state index in [4.69, 9.17) is 9.29 Å². The lowest BCUT2D eigenvalue weighted by atomic mass is 9.82. The van der Waals surface area contributed by atoms with Crippen LogP contribution in [0.1, 0.15) is 50.5 Å². The van der Waals surface area contributed by atoms with Gasteiger partial charge in [-0.1, -0.05) is 62.4 Å². The fourth-order valence-electron chi connectivity index (χ4n) is 3.33. The summed E-state index contributed by atoms with van der Waals surface area (Å²) in [5.74, 6) is -0.961. The minimum Gasteiger partial charge on any atom is -0.461 e. The first-order valence-electron chi connectivity index (χ1n) is 8.71. The Kier molecular flexibility index (Phi) is 7.40. The van der Waals surface area contributed by atoms with E-state index in [1.165, 1.54) is 6.42 Å². The van der Waals surface area contributed by atoms with Gasteiger partial charge in [0.2, 0.25) is 0 Å². The van der Waals surface area contributed by atoms with E-state index in [9.17, 15) is 18.3 Å². The van der Waals surface area contributed by atoms with Gasteiger partial charge < -0.3 is 9.84 Å². The number of esters is 1. The van der Waals surface area contributed by atoms with Crippen molar-refractivity contribution in [1.29, 1.82) is 0 Å². The summed E-state index contributed by atoms with van der Waals surface area (Å²) in [6, 6.07) is 9.20. The Labute approximate surface area is 149 Å². The van der Waals surface area contributed by atoms with Crippen molar-refractivity contribution in [1.82, 2.24) is 0 Å². The molecule has 1 fully saturated rings. The third kappa shape index (κ3) is 6.76. The lowest BCUT2D eigenvalue weighted by Gasteiger charge is -2.26. The maximum atomic E-state index is 12.4. The number of carbonyl (C=O) groups is 1. The van der Waals surface area contributed by atoms with Gasteiger partial charge >= 0.3 is 5.97 Å². The first-order valence-corrected chi connectivity index (χ1v) is 10.2. The van der Waals surface area contributed by atoms with Gasteiger partial charge in [-0.15, -0.1) is 0 Å². The maximum Gasteiger partial charge on any atom is 0.309 e. The fraction of sp³-hybridized carbons (Fsp3) is 0.611. The molecular weight excluding hydrogens is 344 g/mol. The van der Waals surface area contributed by atoms with Crippen LogP contribution >= 0.6 is 0 Å². The molecule has 0 saturated heterocycles. The van der Waals surface area contributed by atoms with Crippen LogP contribution in [0.25, 0.3) is 0 Å². The van der Waals surface area contributed by atoms with E-state index < -0.39 is 27.4 Å². The Morgan fingerprint density at radius 2 is 1.80 bits per heavy atom. The molecule has 0 spiro atoms. The van der Waals surface area contributed by atoms with E-state index in [0.29, 0.717) is 12.3 Å². The molecule has 0 aliphatic heterocycles. The van der Waals surface area contributed by atoms with Crippen molar-refractivity contribution < 1.29 is 27.6 Å². The van der Waals surface area contributed by atoms with Gasteiger partial charge in [0.25, 0.3) is 10.1 Å². The average molecular weight is 370 g/mol. The van der Waals surface area contributed by atoms with Crippen LogP contribution in [0.5, 0.6) is 0 Å². The highest BCUT2D eigenvalue weighted by Crippen LogP contribution is 2.31. The number of rotatable bonds is 8. The second-order valence-corrected chi connectivity index (χ2v) is 8.31. The number of carbonyl (C=O) groups excluding carboxylic acids is 1. The number of benzene rings is 1. The minimum atomic E-state index is -4.59. The summed E-state index contributed by atoms with van der Waals surface area (Å²) in [6.45, 7) is 0.100. The standard InChI is InChI=1S/C18H26O6S/c19-17(25(21,22)23)12-16(11-14-7-3-1-4-8-14)18(20)24-13-15-9-5-2-6-10-15/h2,5-6,9-10,14,16-17,19H,1,3-4,7-8,11-13H2,(H,21,22,23). The fourth-order valence-corrected chi connectivity index (χ4v) is 3.80. The summed E-state index contributed by atoms with van der Waals surface area (Å²) < 4.78 is 36.5. The summed E-state index contributed by atoms with van der Waals surface area (Å²) in [5.41, 5.74) is -1.13. The summed E-state index contributed by atoms with van der Waals surface area (Å²) in [4.78, 5) is 12.4. The Hall–Kier alpha value is -1.44. The van der Waals surface area contributed by atoms with E-state index >= 15 is 0 Å². The summed E-state index contributed by atoms with van der Waals surface area (Å²) in [7, 11) is -4.59. The normalized spacial score (nSPS) is 18.5. The smallest absolute Gasteiger partial charge is 0.309 e. The molecule has 0 amide bonds. The average Bonchev–Trinajstić information content (AvgIpc) is 2.60. The zero-order chi connectivity index (χ0) is 18.3. The lowest BCUT2D eigenvalue weighted by Crippen LogP contribution is -2.30. The topological polar surface area (TPSA) is 101 Å². The molecule has 2 rings (SSSR count). The summed E-state index contributed by atoms with van der Waals surface area (Å²) in [5, 5.41) is 9.67. The Bertz CT molecular complexity index is 637. The largest absolute Gasteiger partial charge is 0.461 e. The van der Waals surface area contributed by atoms with E-state index in [-0.39, 0.29) is 13.0 Å². The molecule has 0 aromatic heterocycles. The molecule has 1 aliphatic carbocycles. The Morgan fingerprint density at radius 3 is 2.40 bits per heavy atom. The molecule has 0 radical (unpaired) electrons. The van der Waals surface area contributed by atoms with Crippen molar-refractivity contribution in [3.05, 3.63) is 35.9 Å². The van der Waals surface area contributed by atoms with Crippen LogP contribution in [0.4, 0.5) is 0 Å². The van der Waals surface area contributed by atoms with E-state index in [1.807, 2.05) is 30.3 Å². The molecule has 1 aromatic rings. The summed E-state index contributed by atoms with van der Waals surface area (Å²) in [6.07, 6.45) is 5.47. The molecule has 2 N–H and O–H groups in total. The quantitative estimate of drug-likeness (QED) is 0.539. The number of hydrogen-bond donors (Lipinski definition) is 2. The van der Waals surface area contributed by atoms with Gasteiger partial charge in [0, 0.05) is 6.42 Å². The van der Waals surface area contributed by atoms with Gasteiger partial charge in [-0.25, -0.2) is 0 Å². The van der Waals surface area contributed by atoms with Crippen molar-refractivity contribution in [2.24, 2.45) is 11.8 Å². The van der Waals surface area contributed by atoms with Crippen LogP contribution in [0.2, 0.25) is 0 Å². The molecule has 1 saturated carbocycles. The lowest BCUT2D eigenvalue weighted by molar-refractivity contribution is -0.151. The number of aliphatic hydroxyl groups is 1. The monoisotopic (exact) mass is 370 g/mol. The highest BCUT2D eigenvalue weighted by atomic mass is 32.2. The predicted octanol–water partition coefficient (Wildman–Crippen LogP) is 2.91. The molecule has 25 heavy (non-hydrogen) atoms. The van der Waals surface area contributed by atoms with Crippen LogP contribution in [0.15, 0.2) is 30.3 Å². The second kappa shape index (κ2) is 9.31. The number of ether oxygens (including phenoxy) is 1. The zero-order valence-electron chi connectivity index (χ0n) is 14.2. The Balaban J connectivity index is 1.99. The molecule has 2 unspecified atom stereocenters. The minimum absolute atomic E-state index is 0.100. The third-order valence-corrected chi connectivity index (χ3v) is 5.61. The molecular formula is C18H26O6S. The van der Waals surface area contributed by atoms with Crippen LogP contribution in [-0.2, 0) is 26.3 Å². The molecule has 7 heteroatoms. The van der Waals surface area contributed by atoms with Gasteiger partial charge in [0.1, 0.15) is 6.61 Å².